The fourth-order valence-electron chi connectivity index (χ4n) is 3.25. The predicted octanol–water partition coefficient (Wildman–Crippen LogP) is 4.06. The van der Waals surface area contributed by atoms with Gasteiger partial charge >= 0.3 is 0 Å². The summed E-state index contributed by atoms with van der Waals surface area (Å²) in [5.74, 6) is 1.00. The highest BCUT2D eigenvalue weighted by Crippen LogP contribution is 2.41. The third-order valence-corrected chi connectivity index (χ3v) is 5.97. The molecule has 0 saturated heterocycles. The van der Waals surface area contributed by atoms with E-state index in [4.69, 9.17) is 0 Å². The zero-order valence-electron chi connectivity index (χ0n) is 10.8. The molecule has 2 heteroatoms. The van der Waals surface area contributed by atoms with E-state index in [1.807, 2.05) is 0 Å². The molecule has 0 radical (unpaired) electrons. The highest BCUT2D eigenvalue weighted by molar-refractivity contribution is 9.09. The van der Waals surface area contributed by atoms with Crippen molar-refractivity contribution in [1.82, 2.24) is 4.90 Å². The first kappa shape index (κ1) is 12.9. The topological polar surface area (TPSA) is 3.24 Å². The molecule has 0 amide bonds. The van der Waals surface area contributed by atoms with Gasteiger partial charge in [0.2, 0.25) is 0 Å². The van der Waals surface area contributed by atoms with Gasteiger partial charge in [-0.05, 0) is 51.0 Å². The van der Waals surface area contributed by atoms with Gasteiger partial charge in [0.15, 0.2) is 0 Å². The second-order valence-electron chi connectivity index (χ2n) is 6.19. The van der Waals surface area contributed by atoms with Crippen LogP contribution in [0.15, 0.2) is 0 Å². The zero-order chi connectivity index (χ0) is 11.6. The lowest BCUT2D eigenvalue weighted by molar-refractivity contribution is 0.113. The van der Waals surface area contributed by atoms with Crippen LogP contribution in [-0.2, 0) is 0 Å². The van der Waals surface area contributed by atoms with Gasteiger partial charge in [-0.15, -0.1) is 0 Å². The van der Waals surface area contributed by atoms with E-state index in [1.165, 1.54) is 56.8 Å². The summed E-state index contributed by atoms with van der Waals surface area (Å²) in [6.07, 6.45) is 10.1. The second kappa shape index (κ2) is 5.39. The van der Waals surface area contributed by atoms with Crippen LogP contribution in [-0.4, -0.2) is 29.9 Å². The standard InChI is InChI=1S/C14H26BrN/c1-12(13-6-7-13)16(2)11-14(10-15)8-4-3-5-9-14/h12-13H,3-11H2,1-2H3. The maximum Gasteiger partial charge on any atom is 0.0100 e. The highest BCUT2D eigenvalue weighted by atomic mass is 79.9. The zero-order valence-corrected chi connectivity index (χ0v) is 12.4. The quantitative estimate of drug-likeness (QED) is 0.689. The lowest BCUT2D eigenvalue weighted by Gasteiger charge is -2.40. The summed E-state index contributed by atoms with van der Waals surface area (Å²) in [6, 6.07) is 0.804. The van der Waals surface area contributed by atoms with E-state index < -0.39 is 0 Å². The molecule has 0 aromatic rings. The molecule has 2 aliphatic carbocycles. The number of hydrogen-bond donors (Lipinski definition) is 0. The monoisotopic (exact) mass is 287 g/mol. The molecular weight excluding hydrogens is 262 g/mol. The summed E-state index contributed by atoms with van der Waals surface area (Å²) in [4.78, 5) is 2.63. The lowest BCUT2D eigenvalue weighted by atomic mass is 9.75. The Balaban J connectivity index is 1.88. The Kier molecular flexibility index (Phi) is 4.34. The van der Waals surface area contributed by atoms with Crippen molar-refractivity contribution in [2.45, 2.75) is 57.9 Å². The van der Waals surface area contributed by atoms with E-state index in [0.29, 0.717) is 5.41 Å². The Morgan fingerprint density at radius 2 is 1.88 bits per heavy atom. The summed E-state index contributed by atoms with van der Waals surface area (Å²) >= 11 is 3.77. The number of nitrogens with zero attached hydrogens (tertiary/aromatic N) is 1. The molecule has 2 saturated carbocycles. The van der Waals surface area contributed by atoms with Crippen LogP contribution in [0.1, 0.15) is 51.9 Å². The van der Waals surface area contributed by atoms with Crippen LogP contribution in [0.3, 0.4) is 0 Å². The van der Waals surface area contributed by atoms with Crippen molar-refractivity contribution >= 4 is 15.9 Å². The third-order valence-electron chi connectivity index (χ3n) is 4.78. The number of rotatable bonds is 5. The summed E-state index contributed by atoms with van der Waals surface area (Å²) in [5, 5.41) is 1.20. The van der Waals surface area contributed by atoms with Gasteiger partial charge in [0.05, 0.1) is 0 Å². The van der Waals surface area contributed by atoms with Crippen molar-refractivity contribution in [2.24, 2.45) is 11.3 Å². The average Bonchev–Trinajstić information content (AvgIpc) is 3.13. The van der Waals surface area contributed by atoms with Gasteiger partial charge in [0, 0.05) is 17.9 Å². The van der Waals surface area contributed by atoms with Crippen LogP contribution in [0.5, 0.6) is 0 Å². The first-order valence-electron chi connectivity index (χ1n) is 6.93. The van der Waals surface area contributed by atoms with Crippen LogP contribution in [0.25, 0.3) is 0 Å². The summed E-state index contributed by atoms with van der Waals surface area (Å²) in [6.45, 7) is 3.72. The lowest BCUT2D eigenvalue weighted by Crippen LogP contribution is -2.43. The van der Waals surface area contributed by atoms with Gasteiger partial charge in [-0.1, -0.05) is 35.2 Å². The third kappa shape index (κ3) is 3.01. The smallest absolute Gasteiger partial charge is 0.0100 e. The van der Waals surface area contributed by atoms with Crippen molar-refractivity contribution in [2.75, 3.05) is 18.9 Å². The predicted molar refractivity (Wildman–Crippen MR) is 74.1 cm³/mol. The molecule has 1 nitrogen and oxygen atoms in total. The molecule has 0 spiro atoms. The van der Waals surface area contributed by atoms with Gasteiger partial charge in [0.25, 0.3) is 0 Å². The molecule has 0 bridgehead atoms. The average molecular weight is 288 g/mol. The van der Waals surface area contributed by atoms with Crippen LogP contribution in [0, 0.1) is 11.3 Å². The second-order valence-corrected chi connectivity index (χ2v) is 6.75. The molecule has 2 aliphatic rings. The van der Waals surface area contributed by atoms with Crippen LogP contribution in [0.2, 0.25) is 0 Å². The highest BCUT2D eigenvalue weighted by Gasteiger charge is 2.36. The van der Waals surface area contributed by atoms with E-state index in [9.17, 15) is 0 Å². The maximum atomic E-state index is 3.77. The Hall–Kier alpha value is 0.440. The Morgan fingerprint density at radius 3 is 2.38 bits per heavy atom. The number of alkyl halides is 1. The fraction of sp³-hybridized carbons (Fsp3) is 1.00. The molecule has 0 N–H and O–H groups in total. The van der Waals surface area contributed by atoms with Gasteiger partial charge in [-0.25, -0.2) is 0 Å². The summed E-state index contributed by atoms with van der Waals surface area (Å²) in [5.41, 5.74) is 0.580. The summed E-state index contributed by atoms with van der Waals surface area (Å²) in [7, 11) is 2.34. The van der Waals surface area contributed by atoms with E-state index >= 15 is 0 Å². The molecule has 0 aromatic heterocycles. The SMILES string of the molecule is CC(C1CC1)N(C)CC1(CBr)CCCCC1. The maximum absolute atomic E-state index is 3.77. The van der Waals surface area contributed by atoms with Crippen molar-refractivity contribution in [3.05, 3.63) is 0 Å². The number of hydrogen-bond acceptors (Lipinski definition) is 1. The van der Waals surface area contributed by atoms with Gasteiger partial charge in [-0.3, -0.25) is 0 Å². The van der Waals surface area contributed by atoms with Crippen LogP contribution >= 0.6 is 15.9 Å². The van der Waals surface area contributed by atoms with Crippen LogP contribution < -0.4 is 0 Å². The molecule has 0 aliphatic heterocycles. The largest absolute Gasteiger partial charge is 0.303 e. The molecule has 2 rings (SSSR count). The Labute approximate surface area is 109 Å². The molecule has 0 heterocycles. The summed E-state index contributed by atoms with van der Waals surface area (Å²) < 4.78 is 0. The molecular formula is C14H26BrN. The Bertz CT molecular complexity index is 219. The van der Waals surface area contributed by atoms with Gasteiger partial charge in [0.1, 0.15) is 0 Å². The van der Waals surface area contributed by atoms with Crippen LogP contribution in [0.4, 0.5) is 0 Å². The first-order chi connectivity index (χ1) is 7.67. The Morgan fingerprint density at radius 1 is 1.25 bits per heavy atom. The van der Waals surface area contributed by atoms with Crippen molar-refractivity contribution < 1.29 is 0 Å². The van der Waals surface area contributed by atoms with Gasteiger partial charge in [-0.2, -0.15) is 0 Å². The van der Waals surface area contributed by atoms with E-state index in [-0.39, 0.29) is 0 Å². The van der Waals surface area contributed by atoms with Crippen molar-refractivity contribution in [3.63, 3.8) is 0 Å². The van der Waals surface area contributed by atoms with E-state index in [0.717, 1.165) is 12.0 Å². The van der Waals surface area contributed by atoms with Crippen molar-refractivity contribution in [1.29, 1.82) is 0 Å². The molecule has 0 aromatic carbocycles. The molecule has 1 unspecified atom stereocenters. The van der Waals surface area contributed by atoms with E-state index in [1.54, 1.807) is 0 Å². The van der Waals surface area contributed by atoms with Gasteiger partial charge < -0.3 is 4.90 Å². The molecule has 16 heavy (non-hydrogen) atoms. The minimum atomic E-state index is 0.580. The molecule has 2 fully saturated rings. The normalized spacial score (nSPS) is 27.0. The minimum Gasteiger partial charge on any atom is -0.303 e. The fourth-order valence-corrected chi connectivity index (χ4v) is 3.99. The molecule has 94 valence electrons. The molecule has 1 atom stereocenters. The van der Waals surface area contributed by atoms with E-state index in [2.05, 4.69) is 34.8 Å². The first-order valence-corrected chi connectivity index (χ1v) is 8.05. The number of halogens is 1. The van der Waals surface area contributed by atoms with Crippen molar-refractivity contribution in [3.8, 4) is 0 Å². The minimum absolute atomic E-state index is 0.580.